The number of carbonyl (C=O) groups excluding carboxylic acids is 1. The molecule has 0 spiro atoms. The van der Waals surface area contributed by atoms with Gasteiger partial charge in [0, 0.05) is 25.0 Å². The molecule has 27 heavy (non-hydrogen) atoms. The SMILES string of the molecule is O=C(Nc1ccc(OC(F)(F)F)cc1)c1cnc(N2CCC(O)C2)c(Br)c1. The van der Waals surface area contributed by atoms with E-state index in [1.807, 2.05) is 4.90 Å². The van der Waals surface area contributed by atoms with Crippen LogP contribution in [0, 0.1) is 0 Å². The first-order chi connectivity index (χ1) is 12.7. The standard InChI is InChI=1S/C17H15BrF3N3O3/c18-14-7-10(8-22-15(14)24-6-5-12(25)9-24)16(26)23-11-1-3-13(4-2-11)27-17(19,20)21/h1-4,7-8,12,25H,5-6,9H2,(H,23,26). The summed E-state index contributed by atoms with van der Waals surface area (Å²) in [5, 5.41) is 12.2. The van der Waals surface area contributed by atoms with Crippen LogP contribution in [0.1, 0.15) is 16.8 Å². The molecule has 10 heteroatoms. The zero-order valence-electron chi connectivity index (χ0n) is 13.8. The molecular weight excluding hydrogens is 431 g/mol. The number of alkyl halides is 3. The van der Waals surface area contributed by atoms with Crippen LogP contribution < -0.4 is 15.0 Å². The zero-order chi connectivity index (χ0) is 19.6. The number of β-amino-alcohol motifs (C(OH)–C–C–N with tert-alkyl or cyclic N) is 1. The lowest BCUT2D eigenvalue weighted by atomic mass is 10.2. The van der Waals surface area contributed by atoms with Crippen LogP contribution in [0.2, 0.25) is 0 Å². The minimum atomic E-state index is -4.77. The maximum Gasteiger partial charge on any atom is 0.573 e. The number of halogens is 4. The number of nitrogens with zero attached hydrogens (tertiary/aromatic N) is 2. The number of ether oxygens (including phenoxy) is 1. The van der Waals surface area contributed by atoms with Gasteiger partial charge in [-0.3, -0.25) is 4.79 Å². The van der Waals surface area contributed by atoms with E-state index < -0.39 is 18.4 Å². The highest BCUT2D eigenvalue weighted by Gasteiger charge is 2.31. The molecule has 1 amide bonds. The fourth-order valence-corrected chi connectivity index (χ4v) is 3.26. The number of carbonyl (C=O) groups is 1. The lowest BCUT2D eigenvalue weighted by molar-refractivity contribution is -0.274. The van der Waals surface area contributed by atoms with Gasteiger partial charge in [0.2, 0.25) is 0 Å². The first kappa shape index (κ1) is 19.4. The Morgan fingerprint density at radius 3 is 2.59 bits per heavy atom. The largest absolute Gasteiger partial charge is 0.573 e. The monoisotopic (exact) mass is 445 g/mol. The fourth-order valence-electron chi connectivity index (χ4n) is 2.66. The van der Waals surface area contributed by atoms with Crippen LogP contribution in [-0.2, 0) is 0 Å². The molecular formula is C17H15BrF3N3O3. The molecule has 0 radical (unpaired) electrons. The van der Waals surface area contributed by atoms with Crippen molar-refractivity contribution in [3.63, 3.8) is 0 Å². The number of nitrogens with one attached hydrogen (secondary N) is 1. The lowest BCUT2D eigenvalue weighted by Gasteiger charge is -2.18. The summed E-state index contributed by atoms with van der Waals surface area (Å²) in [6.45, 7) is 1.15. The van der Waals surface area contributed by atoms with Crippen molar-refractivity contribution in [3.05, 3.63) is 46.6 Å². The lowest BCUT2D eigenvalue weighted by Crippen LogP contribution is -2.23. The molecule has 3 rings (SSSR count). The Balaban J connectivity index is 1.66. The van der Waals surface area contributed by atoms with E-state index >= 15 is 0 Å². The molecule has 2 N–H and O–H groups in total. The van der Waals surface area contributed by atoms with Crippen molar-refractivity contribution in [2.45, 2.75) is 18.9 Å². The van der Waals surface area contributed by atoms with Crippen LogP contribution in [0.25, 0.3) is 0 Å². The minimum absolute atomic E-state index is 0.279. The molecule has 1 aliphatic rings. The molecule has 0 saturated carbocycles. The van der Waals surface area contributed by atoms with Gasteiger partial charge < -0.3 is 20.1 Å². The van der Waals surface area contributed by atoms with Gasteiger partial charge in [0.05, 0.1) is 16.1 Å². The average Bonchev–Trinajstić information content (AvgIpc) is 3.01. The molecule has 1 saturated heterocycles. The van der Waals surface area contributed by atoms with Gasteiger partial charge in [0.1, 0.15) is 11.6 Å². The van der Waals surface area contributed by atoms with Crippen LogP contribution in [0.3, 0.4) is 0 Å². The van der Waals surface area contributed by atoms with Gasteiger partial charge >= 0.3 is 6.36 Å². The fraction of sp³-hybridized carbons (Fsp3) is 0.294. The summed E-state index contributed by atoms with van der Waals surface area (Å²) < 4.78 is 40.9. The molecule has 1 unspecified atom stereocenters. The van der Waals surface area contributed by atoms with Gasteiger partial charge in [-0.05, 0) is 52.7 Å². The smallest absolute Gasteiger partial charge is 0.406 e. The summed E-state index contributed by atoms with van der Waals surface area (Å²) >= 11 is 3.38. The van der Waals surface area contributed by atoms with Crippen molar-refractivity contribution >= 4 is 33.3 Å². The third kappa shape index (κ3) is 5.10. The minimum Gasteiger partial charge on any atom is -0.406 e. The van der Waals surface area contributed by atoms with Gasteiger partial charge in [-0.25, -0.2) is 4.98 Å². The Kier molecular flexibility index (Phi) is 5.56. The topological polar surface area (TPSA) is 74.7 Å². The summed E-state index contributed by atoms with van der Waals surface area (Å²) in [4.78, 5) is 18.5. The summed E-state index contributed by atoms with van der Waals surface area (Å²) in [6.07, 6.45) is -3.10. The van der Waals surface area contributed by atoms with Crippen molar-refractivity contribution in [2.75, 3.05) is 23.3 Å². The summed E-state index contributed by atoms with van der Waals surface area (Å²) in [6, 6.07) is 6.43. The van der Waals surface area contributed by atoms with E-state index in [9.17, 15) is 23.1 Å². The van der Waals surface area contributed by atoms with E-state index in [0.717, 1.165) is 12.1 Å². The third-order valence-corrected chi connectivity index (χ3v) is 4.48. The van der Waals surface area contributed by atoms with Crippen LogP contribution in [0.4, 0.5) is 24.7 Å². The number of aliphatic hydroxyl groups excluding tert-OH is 1. The molecule has 1 aromatic carbocycles. The number of rotatable bonds is 4. The number of benzene rings is 1. The Bertz CT molecular complexity index is 830. The molecule has 2 heterocycles. The highest BCUT2D eigenvalue weighted by atomic mass is 79.9. The predicted molar refractivity (Wildman–Crippen MR) is 95.9 cm³/mol. The molecule has 6 nitrogen and oxygen atoms in total. The Morgan fingerprint density at radius 2 is 2.04 bits per heavy atom. The Morgan fingerprint density at radius 1 is 1.33 bits per heavy atom. The van der Waals surface area contributed by atoms with Crippen LogP contribution in [-0.4, -0.2) is 41.6 Å². The van der Waals surface area contributed by atoms with Gasteiger partial charge in [-0.1, -0.05) is 0 Å². The number of hydrogen-bond acceptors (Lipinski definition) is 5. The molecule has 1 aromatic heterocycles. The third-order valence-electron chi connectivity index (χ3n) is 3.89. The van der Waals surface area contributed by atoms with Crippen LogP contribution in [0.5, 0.6) is 5.75 Å². The summed E-state index contributed by atoms with van der Waals surface area (Å²) in [5.41, 5.74) is 0.596. The number of anilines is 2. The van der Waals surface area contributed by atoms with E-state index in [1.54, 1.807) is 6.07 Å². The van der Waals surface area contributed by atoms with Crippen molar-refractivity contribution in [3.8, 4) is 5.75 Å². The highest BCUT2D eigenvalue weighted by Crippen LogP contribution is 2.28. The maximum atomic E-state index is 12.3. The van der Waals surface area contributed by atoms with E-state index in [-0.39, 0.29) is 11.3 Å². The molecule has 2 aromatic rings. The normalized spacial score (nSPS) is 17.1. The van der Waals surface area contributed by atoms with E-state index in [2.05, 4.69) is 31.0 Å². The highest BCUT2D eigenvalue weighted by molar-refractivity contribution is 9.10. The molecule has 1 atom stereocenters. The van der Waals surface area contributed by atoms with E-state index in [0.29, 0.717) is 35.5 Å². The molecule has 1 aliphatic heterocycles. The zero-order valence-corrected chi connectivity index (χ0v) is 15.4. The average molecular weight is 446 g/mol. The first-order valence-electron chi connectivity index (χ1n) is 7.97. The molecule has 0 bridgehead atoms. The quantitative estimate of drug-likeness (QED) is 0.752. The van der Waals surface area contributed by atoms with Crippen LogP contribution >= 0.6 is 15.9 Å². The molecule has 144 valence electrons. The first-order valence-corrected chi connectivity index (χ1v) is 8.76. The number of aromatic nitrogens is 1. The van der Waals surface area contributed by atoms with Crippen molar-refractivity contribution in [2.24, 2.45) is 0 Å². The number of amides is 1. The van der Waals surface area contributed by atoms with Gasteiger partial charge in [0.25, 0.3) is 5.91 Å². The second-order valence-corrected chi connectivity index (χ2v) is 6.80. The van der Waals surface area contributed by atoms with Crippen molar-refractivity contribution in [1.29, 1.82) is 0 Å². The van der Waals surface area contributed by atoms with E-state index in [4.69, 9.17) is 0 Å². The molecule has 0 aliphatic carbocycles. The maximum absolute atomic E-state index is 12.3. The van der Waals surface area contributed by atoms with Gasteiger partial charge in [-0.2, -0.15) is 0 Å². The predicted octanol–water partition coefficient (Wildman–Crippen LogP) is 3.57. The second kappa shape index (κ2) is 7.73. The van der Waals surface area contributed by atoms with Gasteiger partial charge in [-0.15, -0.1) is 13.2 Å². The van der Waals surface area contributed by atoms with Crippen molar-refractivity contribution < 1.29 is 27.8 Å². The molecule has 1 fully saturated rings. The number of hydrogen-bond donors (Lipinski definition) is 2. The number of pyridine rings is 1. The Labute approximate surface area is 161 Å². The van der Waals surface area contributed by atoms with Crippen molar-refractivity contribution in [1.82, 2.24) is 4.98 Å². The second-order valence-electron chi connectivity index (χ2n) is 5.94. The summed E-state index contributed by atoms with van der Waals surface area (Å²) in [5.74, 6) is -0.195. The summed E-state index contributed by atoms with van der Waals surface area (Å²) in [7, 11) is 0. The number of aliphatic hydroxyl groups is 1. The van der Waals surface area contributed by atoms with Crippen LogP contribution in [0.15, 0.2) is 41.0 Å². The van der Waals surface area contributed by atoms with E-state index in [1.165, 1.54) is 18.3 Å². The Hall–Kier alpha value is -2.33. The van der Waals surface area contributed by atoms with Gasteiger partial charge in [0.15, 0.2) is 0 Å².